The molecule has 1 aliphatic carbocycles. The van der Waals surface area contributed by atoms with Gasteiger partial charge in [-0.2, -0.15) is 13.2 Å². The lowest BCUT2D eigenvalue weighted by Gasteiger charge is -2.34. The molecule has 4 atom stereocenters. The van der Waals surface area contributed by atoms with Gasteiger partial charge in [0.2, 0.25) is 11.8 Å². The molecule has 0 radical (unpaired) electrons. The van der Waals surface area contributed by atoms with Crippen LogP contribution in [0.1, 0.15) is 41.6 Å². The zero-order chi connectivity index (χ0) is 22.5. The van der Waals surface area contributed by atoms with Gasteiger partial charge in [-0.15, -0.1) is 0 Å². The quantitative estimate of drug-likeness (QED) is 0.750. The lowest BCUT2D eigenvalue weighted by atomic mass is 9.84. The summed E-state index contributed by atoms with van der Waals surface area (Å²) in [6, 6.07) is 2.21. The molecule has 31 heavy (non-hydrogen) atoms. The third-order valence-corrected chi connectivity index (χ3v) is 6.31. The van der Waals surface area contributed by atoms with Crippen molar-refractivity contribution in [2.75, 3.05) is 6.54 Å². The molecule has 4 amide bonds. The van der Waals surface area contributed by atoms with Crippen LogP contribution < -0.4 is 5.32 Å². The average Bonchev–Trinajstić information content (AvgIpc) is 3.19. The van der Waals surface area contributed by atoms with E-state index in [2.05, 4.69) is 5.32 Å². The number of rotatable bonds is 3. The van der Waals surface area contributed by atoms with E-state index in [-0.39, 0.29) is 24.6 Å². The summed E-state index contributed by atoms with van der Waals surface area (Å²) in [5.41, 5.74) is -1.16. The maximum atomic E-state index is 12.9. The van der Waals surface area contributed by atoms with Crippen LogP contribution in [-0.2, 0) is 15.8 Å². The standard InChI is InChI=1S/C20H20F3N3O5/c21-20(22,23)11-3-1-2-10(8-11)16(27)24-14-6-7-25(18(14)29)15-5-4-12-9-13(15)17(28)26(12)19(30)31/h1-3,8,12-15H,4-7,9H2,(H,24,27)(H,30,31)/t12?,13?,14-,15?/m0/s1. The molecule has 0 spiro atoms. The first-order chi connectivity index (χ1) is 14.6. The topological polar surface area (TPSA) is 107 Å². The second-order valence-corrected chi connectivity index (χ2v) is 8.06. The normalized spacial score (nSPS) is 28.2. The maximum absolute atomic E-state index is 12.9. The number of hydrogen-bond acceptors (Lipinski definition) is 4. The fourth-order valence-electron chi connectivity index (χ4n) is 4.86. The van der Waals surface area contributed by atoms with Crippen LogP contribution in [0, 0.1) is 5.92 Å². The second-order valence-electron chi connectivity index (χ2n) is 8.06. The van der Waals surface area contributed by atoms with Gasteiger partial charge in [-0.3, -0.25) is 14.4 Å². The van der Waals surface area contributed by atoms with Gasteiger partial charge in [0, 0.05) is 24.2 Å². The number of carbonyl (C=O) groups is 4. The number of fused-ring (bicyclic) bond motifs is 2. The Morgan fingerprint density at radius 3 is 2.52 bits per heavy atom. The number of amides is 4. The van der Waals surface area contributed by atoms with Gasteiger partial charge in [0.1, 0.15) is 6.04 Å². The van der Waals surface area contributed by atoms with E-state index in [1.165, 1.54) is 11.0 Å². The number of imide groups is 1. The summed E-state index contributed by atoms with van der Waals surface area (Å²) < 4.78 is 38.6. The minimum Gasteiger partial charge on any atom is -0.465 e. The van der Waals surface area contributed by atoms with Crippen LogP contribution in [0.2, 0.25) is 0 Å². The third kappa shape index (κ3) is 3.72. The van der Waals surface area contributed by atoms with Gasteiger partial charge in [-0.25, -0.2) is 9.69 Å². The number of likely N-dealkylation sites (tertiary alicyclic amines) is 2. The Balaban J connectivity index is 1.44. The summed E-state index contributed by atoms with van der Waals surface area (Å²) >= 11 is 0. The lowest BCUT2D eigenvalue weighted by molar-refractivity contribution is -0.138. The number of alkyl halides is 3. The number of halogens is 3. The molecular formula is C20H20F3N3O5. The van der Waals surface area contributed by atoms with Crippen LogP contribution in [-0.4, -0.2) is 63.4 Å². The Hall–Kier alpha value is -3.11. The van der Waals surface area contributed by atoms with Gasteiger partial charge in [-0.05, 0) is 43.9 Å². The fraction of sp³-hybridized carbons (Fsp3) is 0.500. The van der Waals surface area contributed by atoms with Crippen molar-refractivity contribution in [3.05, 3.63) is 35.4 Å². The molecule has 4 rings (SSSR count). The van der Waals surface area contributed by atoms with Gasteiger partial charge >= 0.3 is 12.3 Å². The van der Waals surface area contributed by atoms with E-state index < -0.39 is 53.6 Å². The van der Waals surface area contributed by atoms with Crippen molar-refractivity contribution in [3.63, 3.8) is 0 Å². The molecule has 2 heterocycles. The first kappa shape index (κ1) is 21.1. The van der Waals surface area contributed by atoms with Gasteiger partial charge < -0.3 is 15.3 Å². The van der Waals surface area contributed by atoms with Crippen molar-refractivity contribution in [1.82, 2.24) is 15.1 Å². The van der Waals surface area contributed by atoms with Gasteiger partial charge in [0.15, 0.2) is 0 Å². The zero-order valence-corrected chi connectivity index (χ0v) is 16.3. The number of hydrogen-bond donors (Lipinski definition) is 2. The highest BCUT2D eigenvalue weighted by Crippen LogP contribution is 2.40. The Morgan fingerprint density at radius 1 is 1.10 bits per heavy atom. The van der Waals surface area contributed by atoms with Gasteiger partial charge in [0.05, 0.1) is 11.5 Å². The molecule has 1 saturated carbocycles. The second kappa shape index (κ2) is 7.54. The highest BCUT2D eigenvalue weighted by molar-refractivity contribution is 5.99. The molecule has 2 saturated heterocycles. The largest absolute Gasteiger partial charge is 0.465 e. The Morgan fingerprint density at radius 2 is 1.84 bits per heavy atom. The molecule has 2 bridgehead atoms. The summed E-state index contributed by atoms with van der Waals surface area (Å²) in [4.78, 5) is 51.5. The monoisotopic (exact) mass is 439 g/mol. The molecule has 1 aromatic rings. The number of carboxylic acid groups (broad SMARTS) is 1. The SMILES string of the molecule is O=C(N[C@H]1CCN(C2CCC3CC2C(=O)N3C(=O)O)C1=O)c1cccc(C(F)(F)F)c1. The van der Waals surface area contributed by atoms with E-state index in [1.807, 2.05) is 0 Å². The molecular weight excluding hydrogens is 419 g/mol. The van der Waals surface area contributed by atoms with E-state index in [0.29, 0.717) is 19.3 Å². The van der Waals surface area contributed by atoms with Crippen molar-refractivity contribution in [1.29, 1.82) is 0 Å². The predicted octanol–water partition coefficient (Wildman–Crippen LogP) is 2.09. The van der Waals surface area contributed by atoms with Crippen molar-refractivity contribution >= 4 is 23.8 Å². The van der Waals surface area contributed by atoms with Crippen LogP contribution in [0.4, 0.5) is 18.0 Å². The first-order valence-corrected chi connectivity index (χ1v) is 9.92. The van der Waals surface area contributed by atoms with Crippen molar-refractivity contribution in [2.45, 2.75) is 50.0 Å². The summed E-state index contributed by atoms with van der Waals surface area (Å²) in [6.45, 7) is 0.276. The van der Waals surface area contributed by atoms with Crippen molar-refractivity contribution in [2.24, 2.45) is 5.92 Å². The number of nitrogens with zero attached hydrogens (tertiary/aromatic N) is 2. The number of nitrogens with one attached hydrogen (secondary N) is 1. The van der Waals surface area contributed by atoms with Gasteiger partial charge in [0.25, 0.3) is 5.91 Å². The van der Waals surface area contributed by atoms with E-state index in [4.69, 9.17) is 0 Å². The maximum Gasteiger partial charge on any atom is 0.416 e. The number of carbonyl (C=O) groups excluding carboxylic acids is 3. The fourth-order valence-corrected chi connectivity index (χ4v) is 4.86. The smallest absolute Gasteiger partial charge is 0.416 e. The summed E-state index contributed by atoms with van der Waals surface area (Å²) in [7, 11) is 0. The molecule has 11 heteroatoms. The van der Waals surface area contributed by atoms with Gasteiger partial charge in [-0.1, -0.05) is 6.07 Å². The highest BCUT2D eigenvalue weighted by atomic mass is 19.4. The molecule has 2 N–H and O–H groups in total. The summed E-state index contributed by atoms with van der Waals surface area (Å²) in [6.07, 6.45) is -4.33. The Kier molecular flexibility index (Phi) is 5.14. The van der Waals surface area contributed by atoms with E-state index in [1.54, 1.807) is 0 Å². The molecule has 166 valence electrons. The van der Waals surface area contributed by atoms with Crippen LogP contribution in [0.25, 0.3) is 0 Å². The van der Waals surface area contributed by atoms with Crippen LogP contribution >= 0.6 is 0 Å². The highest BCUT2D eigenvalue weighted by Gasteiger charge is 2.53. The molecule has 3 aliphatic rings. The number of benzene rings is 1. The Labute approximate surface area is 175 Å². The predicted molar refractivity (Wildman–Crippen MR) is 98.8 cm³/mol. The van der Waals surface area contributed by atoms with Crippen LogP contribution in [0.15, 0.2) is 24.3 Å². The van der Waals surface area contributed by atoms with E-state index in [9.17, 15) is 37.5 Å². The Bertz CT molecular complexity index is 950. The third-order valence-electron chi connectivity index (χ3n) is 6.31. The molecule has 2 aliphatic heterocycles. The molecule has 3 fully saturated rings. The van der Waals surface area contributed by atoms with Crippen molar-refractivity contribution < 1.29 is 37.5 Å². The van der Waals surface area contributed by atoms with Crippen LogP contribution in [0.3, 0.4) is 0 Å². The van der Waals surface area contributed by atoms with E-state index >= 15 is 0 Å². The molecule has 0 aromatic heterocycles. The first-order valence-electron chi connectivity index (χ1n) is 9.92. The van der Waals surface area contributed by atoms with Crippen LogP contribution in [0.5, 0.6) is 0 Å². The molecule has 1 aromatic carbocycles. The van der Waals surface area contributed by atoms with Crippen molar-refractivity contribution in [3.8, 4) is 0 Å². The zero-order valence-electron chi connectivity index (χ0n) is 16.3. The average molecular weight is 439 g/mol. The minimum atomic E-state index is -4.59. The van der Waals surface area contributed by atoms with E-state index in [0.717, 1.165) is 23.1 Å². The lowest BCUT2D eigenvalue weighted by Crippen LogP contribution is -2.48. The summed E-state index contributed by atoms with van der Waals surface area (Å²) in [5.74, 6) is -2.31. The minimum absolute atomic E-state index is 0.204. The molecule has 3 unspecified atom stereocenters. The molecule has 8 nitrogen and oxygen atoms in total. The summed E-state index contributed by atoms with van der Waals surface area (Å²) in [5, 5.41) is 11.7.